The Morgan fingerprint density at radius 2 is 1.71 bits per heavy atom. The van der Waals surface area contributed by atoms with Crippen molar-refractivity contribution in [2.24, 2.45) is 0 Å². The third-order valence-electron chi connectivity index (χ3n) is 2.28. The summed E-state index contributed by atoms with van der Waals surface area (Å²) < 4.78 is 6.07. The van der Waals surface area contributed by atoms with Crippen LogP contribution in [0.1, 0.15) is 32.4 Å². The van der Waals surface area contributed by atoms with Gasteiger partial charge in [0.05, 0.1) is 7.14 Å². The third kappa shape index (κ3) is 5.49. The Labute approximate surface area is 149 Å². The van der Waals surface area contributed by atoms with Gasteiger partial charge in [-0.15, -0.1) is 0 Å². The summed E-state index contributed by atoms with van der Waals surface area (Å²) in [5.41, 5.74) is -0.356. The van der Waals surface area contributed by atoms with Crippen molar-refractivity contribution in [3.63, 3.8) is 0 Å². The van der Waals surface area contributed by atoms with Crippen molar-refractivity contribution in [1.29, 1.82) is 0 Å². The maximum Gasteiger partial charge on any atom is 0.408 e. The number of carboxylic acids is 1. The van der Waals surface area contributed by atoms with Gasteiger partial charge in [-0.25, -0.2) is 9.59 Å². The molecule has 0 heterocycles. The van der Waals surface area contributed by atoms with Crippen molar-refractivity contribution in [2.45, 2.75) is 32.4 Å². The first-order valence-corrected chi connectivity index (χ1v) is 8.07. The van der Waals surface area contributed by atoms with Crippen molar-refractivity contribution in [3.05, 3.63) is 24.8 Å². The molecule has 0 radical (unpaired) electrons. The van der Waals surface area contributed by atoms with Gasteiger partial charge in [-0.3, -0.25) is 0 Å². The number of ether oxygens (including phenoxy) is 1. The second-order valence-electron chi connectivity index (χ2n) is 5.25. The summed E-state index contributed by atoms with van der Waals surface area (Å²) in [5.74, 6) is -1.13. The van der Waals surface area contributed by atoms with Gasteiger partial charge in [0.15, 0.2) is 6.04 Å². The standard InChI is InChI=1S/C13H15I2NO5/c1-13(2,3)21-12(20)16-9(11(18)19)6-4-7(14)10(17)8(15)5-6/h4-5,9,17H,1-3H3,(H,16,20)(H,18,19)/t9-/m1/s1. The highest BCUT2D eigenvalue weighted by Crippen LogP contribution is 2.30. The molecule has 0 fully saturated rings. The number of rotatable bonds is 3. The van der Waals surface area contributed by atoms with E-state index in [0.29, 0.717) is 12.7 Å². The van der Waals surface area contributed by atoms with Gasteiger partial charge in [0.2, 0.25) is 0 Å². The SMILES string of the molecule is CC(C)(C)OC(=O)N[C@@H](C(=O)O)c1cc(I)c(O)c(I)c1. The number of aromatic hydroxyl groups is 1. The van der Waals surface area contributed by atoms with Crippen LogP contribution >= 0.6 is 45.2 Å². The number of carboxylic acid groups (broad SMARTS) is 1. The minimum absolute atomic E-state index is 0.0846. The molecule has 0 aromatic heterocycles. The quantitative estimate of drug-likeness (QED) is 0.534. The van der Waals surface area contributed by atoms with Crippen LogP contribution in [0, 0.1) is 7.14 Å². The number of carbonyl (C=O) groups is 2. The highest BCUT2D eigenvalue weighted by atomic mass is 127. The zero-order chi connectivity index (χ0) is 16.4. The minimum atomic E-state index is -1.25. The minimum Gasteiger partial charge on any atom is -0.506 e. The Balaban J connectivity index is 3.03. The monoisotopic (exact) mass is 519 g/mol. The largest absolute Gasteiger partial charge is 0.506 e. The molecule has 0 bridgehead atoms. The Kier molecular flexibility index (Phi) is 6.08. The van der Waals surface area contributed by atoms with Gasteiger partial charge in [-0.05, 0) is 83.6 Å². The number of nitrogens with one attached hydrogen (secondary N) is 1. The predicted octanol–water partition coefficient (Wildman–Crippen LogP) is 3.25. The number of phenols is 1. The van der Waals surface area contributed by atoms with E-state index in [-0.39, 0.29) is 5.75 Å². The third-order valence-corrected chi connectivity index (χ3v) is 3.93. The van der Waals surface area contributed by atoms with Crippen molar-refractivity contribution < 1.29 is 24.5 Å². The lowest BCUT2D eigenvalue weighted by Crippen LogP contribution is -2.38. The van der Waals surface area contributed by atoms with E-state index in [2.05, 4.69) is 5.32 Å². The van der Waals surface area contributed by atoms with Gasteiger partial charge in [0.25, 0.3) is 0 Å². The first-order chi connectivity index (χ1) is 9.51. The summed E-state index contributed by atoms with van der Waals surface area (Å²) in [6.07, 6.45) is -0.812. The number of aliphatic carboxylic acids is 1. The van der Waals surface area contributed by atoms with Gasteiger partial charge < -0.3 is 20.3 Å². The smallest absolute Gasteiger partial charge is 0.408 e. The number of amides is 1. The Morgan fingerprint density at radius 3 is 2.10 bits per heavy atom. The molecule has 116 valence electrons. The fourth-order valence-electron chi connectivity index (χ4n) is 1.46. The molecular formula is C13H15I2NO5. The molecule has 1 atom stereocenters. The maximum atomic E-state index is 11.7. The van der Waals surface area contributed by atoms with Crippen molar-refractivity contribution in [3.8, 4) is 5.75 Å². The molecule has 3 N–H and O–H groups in total. The molecule has 0 saturated heterocycles. The summed E-state index contributed by atoms with van der Waals surface area (Å²) in [7, 11) is 0. The summed E-state index contributed by atoms with van der Waals surface area (Å²) in [5, 5.41) is 21.3. The van der Waals surface area contributed by atoms with Crippen LogP contribution in [-0.2, 0) is 9.53 Å². The average molecular weight is 519 g/mol. The van der Waals surface area contributed by atoms with Crippen LogP contribution in [0.5, 0.6) is 5.75 Å². The second kappa shape index (κ2) is 6.99. The Morgan fingerprint density at radius 1 is 1.24 bits per heavy atom. The molecule has 0 spiro atoms. The van der Waals surface area contributed by atoms with Crippen molar-refractivity contribution in [2.75, 3.05) is 0 Å². The van der Waals surface area contributed by atoms with E-state index in [1.165, 1.54) is 12.1 Å². The number of hydrogen-bond acceptors (Lipinski definition) is 4. The van der Waals surface area contributed by atoms with E-state index in [0.717, 1.165) is 0 Å². The molecule has 21 heavy (non-hydrogen) atoms. The van der Waals surface area contributed by atoms with Gasteiger partial charge in [0.1, 0.15) is 11.4 Å². The van der Waals surface area contributed by atoms with Gasteiger partial charge in [-0.1, -0.05) is 0 Å². The van der Waals surface area contributed by atoms with Crippen molar-refractivity contribution in [1.82, 2.24) is 5.32 Å². The molecule has 1 amide bonds. The summed E-state index contributed by atoms with van der Waals surface area (Å²) in [4.78, 5) is 23.1. The number of phenolic OH excluding ortho intramolecular Hbond substituents is 1. The highest BCUT2D eigenvalue weighted by Gasteiger charge is 2.26. The van der Waals surface area contributed by atoms with E-state index >= 15 is 0 Å². The van der Waals surface area contributed by atoms with Crippen LogP contribution in [0.2, 0.25) is 0 Å². The summed E-state index contributed by atoms with van der Waals surface area (Å²) in [6.45, 7) is 5.07. The Hall–Kier alpha value is -0.780. The number of carbonyl (C=O) groups excluding carboxylic acids is 1. The van der Waals surface area contributed by atoms with Crippen LogP contribution in [0.25, 0.3) is 0 Å². The van der Waals surface area contributed by atoms with E-state index in [1.807, 2.05) is 45.2 Å². The average Bonchev–Trinajstić information content (AvgIpc) is 2.29. The van der Waals surface area contributed by atoms with Gasteiger partial charge >= 0.3 is 12.1 Å². The lowest BCUT2D eigenvalue weighted by molar-refractivity contribution is -0.139. The normalized spacial score (nSPS) is 12.6. The molecule has 0 saturated carbocycles. The molecule has 0 aliphatic carbocycles. The highest BCUT2D eigenvalue weighted by molar-refractivity contribution is 14.1. The molecule has 8 heteroatoms. The van der Waals surface area contributed by atoms with E-state index in [1.54, 1.807) is 20.8 Å². The molecular weight excluding hydrogens is 504 g/mol. The number of halogens is 2. The second-order valence-corrected chi connectivity index (χ2v) is 7.58. The zero-order valence-electron chi connectivity index (χ0n) is 11.6. The molecule has 0 unspecified atom stereocenters. The first kappa shape index (κ1) is 18.3. The van der Waals surface area contributed by atoms with E-state index in [4.69, 9.17) is 4.74 Å². The van der Waals surface area contributed by atoms with Crippen LogP contribution in [-0.4, -0.2) is 27.9 Å². The van der Waals surface area contributed by atoms with Crippen LogP contribution in [0.4, 0.5) is 4.79 Å². The van der Waals surface area contributed by atoms with E-state index in [9.17, 15) is 19.8 Å². The topological polar surface area (TPSA) is 95.9 Å². The van der Waals surface area contributed by atoms with E-state index < -0.39 is 23.7 Å². The lowest BCUT2D eigenvalue weighted by Gasteiger charge is -2.22. The van der Waals surface area contributed by atoms with Crippen LogP contribution in [0.15, 0.2) is 12.1 Å². The van der Waals surface area contributed by atoms with Crippen LogP contribution in [0.3, 0.4) is 0 Å². The first-order valence-electron chi connectivity index (χ1n) is 5.91. The fourth-order valence-corrected chi connectivity index (χ4v) is 3.28. The molecule has 0 aliphatic rings. The zero-order valence-corrected chi connectivity index (χ0v) is 15.9. The molecule has 1 rings (SSSR count). The number of benzene rings is 1. The molecule has 1 aromatic rings. The lowest BCUT2D eigenvalue weighted by atomic mass is 10.1. The Bertz CT molecular complexity index is 545. The molecule has 0 aliphatic heterocycles. The van der Waals surface area contributed by atoms with Gasteiger partial charge in [0, 0.05) is 0 Å². The fraction of sp³-hybridized carbons (Fsp3) is 0.385. The number of hydrogen-bond donors (Lipinski definition) is 3. The molecule has 1 aromatic carbocycles. The molecule has 6 nitrogen and oxygen atoms in total. The predicted molar refractivity (Wildman–Crippen MR) is 93.3 cm³/mol. The van der Waals surface area contributed by atoms with Gasteiger partial charge in [-0.2, -0.15) is 0 Å². The maximum absolute atomic E-state index is 11.7. The van der Waals surface area contributed by atoms with Crippen molar-refractivity contribution >= 4 is 57.2 Å². The summed E-state index contributed by atoms with van der Waals surface area (Å²) >= 11 is 3.79. The van der Waals surface area contributed by atoms with Crippen LogP contribution < -0.4 is 5.32 Å². The summed E-state index contributed by atoms with van der Waals surface area (Å²) in [6, 6.07) is 1.77. The number of alkyl carbamates (subject to hydrolysis) is 1.